The largest absolute Gasteiger partial charge is 0.465 e. The van der Waals surface area contributed by atoms with Crippen LogP contribution >= 0.6 is 22.7 Å². The summed E-state index contributed by atoms with van der Waals surface area (Å²) in [4.78, 5) is 24.4. The van der Waals surface area contributed by atoms with Crippen molar-refractivity contribution in [3.63, 3.8) is 0 Å². The molecule has 0 saturated carbocycles. The molecule has 1 unspecified atom stereocenters. The Morgan fingerprint density at radius 1 is 1.31 bits per heavy atom. The van der Waals surface area contributed by atoms with Crippen molar-refractivity contribution < 1.29 is 22.7 Å². The molecule has 0 spiro atoms. The number of hydrogen-bond acceptors (Lipinski definition) is 7. The fourth-order valence-electron chi connectivity index (χ4n) is 2.75. The van der Waals surface area contributed by atoms with Crippen molar-refractivity contribution in [2.45, 2.75) is 17.1 Å². The van der Waals surface area contributed by atoms with Crippen LogP contribution in [0.2, 0.25) is 0 Å². The fourth-order valence-corrected chi connectivity index (χ4v) is 6.25. The third kappa shape index (κ3) is 3.98. The van der Waals surface area contributed by atoms with E-state index in [9.17, 15) is 18.0 Å². The van der Waals surface area contributed by atoms with E-state index in [0.29, 0.717) is 33.5 Å². The number of carbonyl (C=O) groups excluding carboxylic acids is 2. The zero-order chi connectivity index (χ0) is 18.7. The van der Waals surface area contributed by atoms with E-state index in [1.165, 1.54) is 22.8 Å². The number of methoxy groups -OCH3 is 1. The third-order valence-electron chi connectivity index (χ3n) is 4.08. The Bertz CT molecular complexity index is 889. The maximum atomic E-state index is 12.6. The van der Waals surface area contributed by atoms with Crippen molar-refractivity contribution in [1.82, 2.24) is 4.31 Å². The molecular weight excluding hydrogens is 396 g/mol. The van der Waals surface area contributed by atoms with E-state index in [0.717, 1.165) is 11.3 Å². The van der Waals surface area contributed by atoms with Gasteiger partial charge in [0.25, 0.3) is 10.0 Å². The fraction of sp³-hybridized carbons (Fsp3) is 0.375. The number of carbonyl (C=O) groups is 2. The number of nitrogens with one attached hydrogen (secondary N) is 1. The third-order valence-corrected chi connectivity index (χ3v) is 8.30. The molecule has 3 rings (SSSR count). The molecule has 1 aliphatic rings. The van der Waals surface area contributed by atoms with Gasteiger partial charge in [0.05, 0.1) is 18.0 Å². The van der Waals surface area contributed by atoms with Crippen LogP contribution in [0.25, 0.3) is 0 Å². The van der Waals surface area contributed by atoms with Crippen LogP contribution in [0.5, 0.6) is 0 Å². The van der Waals surface area contributed by atoms with E-state index >= 15 is 0 Å². The summed E-state index contributed by atoms with van der Waals surface area (Å²) in [5, 5.41) is 5.03. The van der Waals surface area contributed by atoms with Crippen molar-refractivity contribution in [2.75, 3.05) is 25.5 Å². The van der Waals surface area contributed by atoms with Crippen LogP contribution in [-0.4, -0.2) is 44.8 Å². The smallest absolute Gasteiger partial charge is 0.348 e. The van der Waals surface area contributed by atoms with Crippen LogP contribution < -0.4 is 5.32 Å². The molecular formula is C16H18N2O5S3. The summed E-state index contributed by atoms with van der Waals surface area (Å²) in [6, 6.07) is 6.49. The molecule has 1 aliphatic heterocycles. The lowest BCUT2D eigenvalue weighted by Crippen LogP contribution is -2.43. The van der Waals surface area contributed by atoms with Crippen LogP contribution in [-0.2, 0) is 19.6 Å². The molecule has 2 aromatic rings. The Labute approximate surface area is 159 Å². The van der Waals surface area contributed by atoms with Gasteiger partial charge in [0.15, 0.2) is 0 Å². The first-order valence-electron chi connectivity index (χ1n) is 7.94. The zero-order valence-electron chi connectivity index (χ0n) is 14.0. The maximum absolute atomic E-state index is 12.6. The van der Waals surface area contributed by atoms with E-state index in [-0.39, 0.29) is 12.5 Å². The van der Waals surface area contributed by atoms with E-state index in [4.69, 9.17) is 0 Å². The molecule has 26 heavy (non-hydrogen) atoms. The standard InChI is InChI=1S/C16H18N2O5S3/c1-23-16(20)12-6-7-13(25-12)17-15(19)11-4-2-8-18(10-11)26(21,22)14-5-3-9-24-14/h3,5-7,9,11H,2,4,8,10H2,1H3,(H,17,19). The molecule has 1 N–H and O–H groups in total. The number of anilines is 1. The predicted octanol–water partition coefficient (Wildman–Crippen LogP) is 2.64. The number of rotatable bonds is 5. The predicted molar refractivity (Wildman–Crippen MR) is 100 cm³/mol. The first kappa shape index (κ1) is 19.0. The normalized spacial score (nSPS) is 18.4. The van der Waals surface area contributed by atoms with Crippen molar-refractivity contribution >= 4 is 49.6 Å². The average molecular weight is 415 g/mol. The average Bonchev–Trinajstić information content (AvgIpc) is 3.33. The van der Waals surface area contributed by atoms with Gasteiger partial charge in [0, 0.05) is 13.1 Å². The lowest BCUT2D eigenvalue weighted by molar-refractivity contribution is -0.120. The SMILES string of the molecule is COC(=O)c1ccc(NC(=O)C2CCCN(S(=O)(=O)c3cccs3)C2)s1. The van der Waals surface area contributed by atoms with Gasteiger partial charge >= 0.3 is 5.97 Å². The number of thiophene rings is 2. The van der Waals surface area contributed by atoms with E-state index in [1.54, 1.807) is 29.6 Å². The maximum Gasteiger partial charge on any atom is 0.348 e. The van der Waals surface area contributed by atoms with Crippen LogP contribution in [0.3, 0.4) is 0 Å². The molecule has 1 amide bonds. The molecule has 0 bridgehead atoms. The molecule has 140 valence electrons. The second-order valence-corrected chi connectivity index (χ2v) is 9.98. The quantitative estimate of drug-likeness (QED) is 0.759. The van der Waals surface area contributed by atoms with Gasteiger partial charge in [-0.05, 0) is 36.4 Å². The molecule has 1 atom stereocenters. The molecule has 0 aliphatic carbocycles. The summed E-state index contributed by atoms with van der Waals surface area (Å²) in [7, 11) is -2.26. The highest BCUT2D eigenvalue weighted by atomic mass is 32.2. The molecule has 1 saturated heterocycles. The van der Waals surface area contributed by atoms with Crippen LogP contribution in [0.4, 0.5) is 5.00 Å². The Balaban J connectivity index is 1.67. The Hall–Kier alpha value is -1.75. The van der Waals surface area contributed by atoms with Crippen molar-refractivity contribution in [3.8, 4) is 0 Å². The van der Waals surface area contributed by atoms with Gasteiger partial charge in [-0.1, -0.05) is 6.07 Å². The number of amides is 1. The molecule has 2 aromatic heterocycles. The van der Waals surface area contributed by atoms with E-state index in [1.807, 2.05) is 0 Å². The Morgan fingerprint density at radius 3 is 2.81 bits per heavy atom. The minimum atomic E-state index is -3.56. The molecule has 0 radical (unpaired) electrons. The van der Waals surface area contributed by atoms with Crippen molar-refractivity contribution in [1.29, 1.82) is 0 Å². The van der Waals surface area contributed by atoms with Crippen LogP contribution in [0, 0.1) is 5.92 Å². The van der Waals surface area contributed by atoms with Gasteiger partial charge in [0.2, 0.25) is 5.91 Å². The van der Waals surface area contributed by atoms with Crippen molar-refractivity contribution in [2.24, 2.45) is 5.92 Å². The first-order chi connectivity index (χ1) is 12.4. The topological polar surface area (TPSA) is 92.8 Å². The second-order valence-electron chi connectivity index (χ2n) is 5.78. The minimum absolute atomic E-state index is 0.154. The Morgan fingerprint density at radius 2 is 2.12 bits per heavy atom. The molecule has 7 nitrogen and oxygen atoms in total. The number of nitrogens with zero attached hydrogens (tertiary/aromatic N) is 1. The van der Waals surface area contributed by atoms with Crippen LogP contribution in [0.1, 0.15) is 22.5 Å². The van der Waals surface area contributed by atoms with Gasteiger partial charge in [-0.3, -0.25) is 4.79 Å². The molecule has 0 aromatic carbocycles. The van der Waals surface area contributed by atoms with Gasteiger partial charge < -0.3 is 10.1 Å². The number of esters is 1. The number of piperidine rings is 1. The van der Waals surface area contributed by atoms with Crippen LogP contribution in [0.15, 0.2) is 33.9 Å². The lowest BCUT2D eigenvalue weighted by atomic mass is 9.99. The molecule has 1 fully saturated rings. The summed E-state index contributed by atoms with van der Waals surface area (Å²) < 4.78 is 31.6. The van der Waals surface area contributed by atoms with Gasteiger partial charge in [-0.15, -0.1) is 22.7 Å². The van der Waals surface area contributed by atoms with Gasteiger partial charge in [0.1, 0.15) is 9.09 Å². The van der Waals surface area contributed by atoms with E-state index in [2.05, 4.69) is 10.1 Å². The second kappa shape index (κ2) is 7.87. The Kier molecular flexibility index (Phi) is 5.76. The first-order valence-corrected chi connectivity index (χ1v) is 11.1. The summed E-state index contributed by atoms with van der Waals surface area (Å²) in [5.74, 6) is -1.13. The minimum Gasteiger partial charge on any atom is -0.465 e. The zero-order valence-corrected chi connectivity index (χ0v) is 16.5. The highest BCUT2D eigenvalue weighted by Crippen LogP contribution is 2.28. The van der Waals surface area contributed by atoms with Gasteiger partial charge in [-0.2, -0.15) is 4.31 Å². The highest BCUT2D eigenvalue weighted by Gasteiger charge is 2.34. The summed E-state index contributed by atoms with van der Waals surface area (Å²) in [5.41, 5.74) is 0. The summed E-state index contributed by atoms with van der Waals surface area (Å²) in [6.07, 6.45) is 1.25. The monoisotopic (exact) mass is 414 g/mol. The molecule has 3 heterocycles. The molecule has 10 heteroatoms. The van der Waals surface area contributed by atoms with Gasteiger partial charge in [-0.25, -0.2) is 13.2 Å². The number of ether oxygens (including phenoxy) is 1. The summed E-state index contributed by atoms with van der Waals surface area (Å²) in [6.45, 7) is 0.566. The summed E-state index contributed by atoms with van der Waals surface area (Å²) >= 11 is 2.30. The highest BCUT2D eigenvalue weighted by molar-refractivity contribution is 7.91. The number of sulfonamides is 1. The van der Waals surface area contributed by atoms with E-state index < -0.39 is 21.9 Å². The number of hydrogen-bond donors (Lipinski definition) is 1. The van der Waals surface area contributed by atoms with Crippen molar-refractivity contribution in [3.05, 3.63) is 34.5 Å². The lowest BCUT2D eigenvalue weighted by Gasteiger charge is -2.30.